The van der Waals surface area contributed by atoms with Crippen LogP contribution in [0.5, 0.6) is 0 Å². The molecule has 1 aromatic carbocycles. The molecule has 0 bridgehead atoms. The van der Waals surface area contributed by atoms with Gasteiger partial charge in [-0.1, -0.05) is 12.1 Å². The minimum Gasteiger partial charge on any atom is -0.379 e. The SMILES string of the molecule is Cc1ccc(C)c(Nc2ncc(C(=O)NCCN3CCOCC3)cn2)c1. The fourth-order valence-electron chi connectivity index (χ4n) is 2.76. The Morgan fingerprint density at radius 3 is 2.65 bits per heavy atom. The number of nitrogens with one attached hydrogen (secondary N) is 2. The Balaban J connectivity index is 1.51. The summed E-state index contributed by atoms with van der Waals surface area (Å²) < 4.78 is 5.31. The molecule has 0 aliphatic carbocycles. The van der Waals surface area contributed by atoms with Gasteiger partial charge in [-0.25, -0.2) is 9.97 Å². The van der Waals surface area contributed by atoms with E-state index in [1.165, 1.54) is 0 Å². The van der Waals surface area contributed by atoms with Crippen molar-refractivity contribution in [3.8, 4) is 0 Å². The molecule has 1 amide bonds. The van der Waals surface area contributed by atoms with E-state index < -0.39 is 0 Å². The Kier molecular flexibility index (Phi) is 6.14. The van der Waals surface area contributed by atoms with E-state index in [1.807, 2.05) is 26.0 Å². The first-order valence-electron chi connectivity index (χ1n) is 8.86. The van der Waals surface area contributed by atoms with E-state index in [9.17, 15) is 4.79 Å². The second-order valence-corrected chi connectivity index (χ2v) is 6.45. The van der Waals surface area contributed by atoms with Crippen LogP contribution >= 0.6 is 0 Å². The fourth-order valence-corrected chi connectivity index (χ4v) is 2.76. The van der Waals surface area contributed by atoms with Crippen LogP contribution in [0.25, 0.3) is 0 Å². The van der Waals surface area contributed by atoms with Gasteiger partial charge in [-0.3, -0.25) is 9.69 Å². The molecular formula is C19H25N5O2. The topological polar surface area (TPSA) is 79.4 Å². The van der Waals surface area contributed by atoms with Gasteiger partial charge in [0.1, 0.15) is 0 Å². The molecule has 7 nitrogen and oxygen atoms in total. The lowest BCUT2D eigenvalue weighted by Crippen LogP contribution is -2.41. The number of carbonyl (C=O) groups is 1. The molecule has 1 aliphatic rings. The number of ether oxygens (including phenoxy) is 1. The largest absolute Gasteiger partial charge is 0.379 e. The number of hydrogen-bond donors (Lipinski definition) is 2. The third kappa shape index (κ3) is 5.00. The molecule has 0 atom stereocenters. The number of nitrogens with zero attached hydrogens (tertiary/aromatic N) is 3. The third-order valence-corrected chi connectivity index (χ3v) is 4.37. The Morgan fingerprint density at radius 1 is 1.19 bits per heavy atom. The lowest BCUT2D eigenvalue weighted by molar-refractivity contribution is 0.0383. The first-order valence-corrected chi connectivity index (χ1v) is 8.86. The maximum Gasteiger partial charge on any atom is 0.254 e. The molecule has 0 radical (unpaired) electrons. The number of rotatable bonds is 6. The smallest absolute Gasteiger partial charge is 0.254 e. The maximum absolute atomic E-state index is 12.2. The van der Waals surface area contributed by atoms with Crippen molar-refractivity contribution in [2.45, 2.75) is 13.8 Å². The van der Waals surface area contributed by atoms with Gasteiger partial charge >= 0.3 is 0 Å². The number of morpholine rings is 1. The first-order chi connectivity index (χ1) is 12.6. The van der Waals surface area contributed by atoms with Gasteiger partial charge in [0, 0.05) is 44.3 Å². The van der Waals surface area contributed by atoms with E-state index in [4.69, 9.17) is 4.74 Å². The van der Waals surface area contributed by atoms with E-state index in [2.05, 4.69) is 31.6 Å². The summed E-state index contributed by atoms with van der Waals surface area (Å²) in [6.45, 7) is 8.83. The molecule has 2 N–H and O–H groups in total. The van der Waals surface area contributed by atoms with Crippen LogP contribution in [0.4, 0.5) is 11.6 Å². The Morgan fingerprint density at radius 2 is 1.92 bits per heavy atom. The molecule has 0 saturated carbocycles. The van der Waals surface area contributed by atoms with Crippen LogP contribution in [0.2, 0.25) is 0 Å². The van der Waals surface area contributed by atoms with E-state index in [-0.39, 0.29) is 5.91 Å². The van der Waals surface area contributed by atoms with Gasteiger partial charge in [-0.05, 0) is 31.0 Å². The summed E-state index contributed by atoms with van der Waals surface area (Å²) in [5, 5.41) is 6.10. The second kappa shape index (κ2) is 8.73. The van der Waals surface area contributed by atoms with Crippen LogP contribution in [-0.2, 0) is 4.74 Å². The van der Waals surface area contributed by atoms with Crippen LogP contribution in [0.1, 0.15) is 21.5 Å². The van der Waals surface area contributed by atoms with Crippen molar-refractivity contribution in [2.24, 2.45) is 0 Å². The summed E-state index contributed by atoms with van der Waals surface area (Å²) in [7, 11) is 0. The summed E-state index contributed by atoms with van der Waals surface area (Å²) in [5.41, 5.74) is 3.70. The zero-order chi connectivity index (χ0) is 18.4. The highest BCUT2D eigenvalue weighted by molar-refractivity contribution is 5.93. The second-order valence-electron chi connectivity index (χ2n) is 6.45. The normalized spacial score (nSPS) is 14.8. The monoisotopic (exact) mass is 355 g/mol. The molecule has 26 heavy (non-hydrogen) atoms. The van der Waals surface area contributed by atoms with Gasteiger partial charge < -0.3 is 15.4 Å². The molecule has 2 heterocycles. The quantitative estimate of drug-likeness (QED) is 0.824. The van der Waals surface area contributed by atoms with Crippen LogP contribution in [0.15, 0.2) is 30.6 Å². The fraction of sp³-hybridized carbons (Fsp3) is 0.421. The third-order valence-electron chi connectivity index (χ3n) is 4.37. The molecule has 1 aliphatic heterocycles. The zero-order valence-electron chi connectivity index (χ0n) is 15.3. The average Bonchev–Trinajstić information content (AvgIpc) is 2.66. The minimum atomic E-state index is -0.156. The molecule has 1 fully saturated rings. The molecule has 1 saturated heterocycles. The number of benzene rings is 1. The number of amides is 1. The molecule has 7 heteroatoms. The molecule has 0 spiro atoms. The van der Waals surface area contributed by atoms with E-state index in [0.29, 0.717) is 18.1 Å². The molecule has 0 unspecified atom stereocenters. The van der Waals surface area contributed by atoms with Crippen molar-refractivity contribution in [3.63, 3.8) is 0 Å². The summed E-state index contributed by atoms with van der Waals surface area (Å²) in [6.07, 6.45) is 3.09. The summed E-state index contributed by atoms with van der Waals surface area (Å²) in [5.74, 6) is 0.320. The maximum atomic E-state index is 12.2. The van der Waals surface area contributed by atoms with Gasteiger partial charge in [0.05, 0.1) is 18.8 Å². The van der Waals surface area contributed by atoms with Gasteiger partial charge in [0.15, 0.2) is 0 Å². The molecule has 2 aromatic rings. The highest BCUT2D eigenvalue weighted by Gasteiger charge is 2.11. The lowest BCUT2D eigenvalue weighted by Gasteiger charge is -2.26. The van der Waals surface area contributed by atoms with Crippen molar-refractivity contribution in [1.82, 2.24) is 20.2 Å². The number of aromatic nitrogens is 2. The number of anilines is 2. The highest BCUT2D eigenvalue weighted by Crippen LogP contribution is 2.19. The van der Waals surface area contributed by atoms with Gasteiger partial charge in [-0.15, -0.1) is 0 Å². The van der Waals surface area contributed by atoms with Gasteiger partial charge in [-0.2, -0.15) is 0 Å². The van der Waals surface area contributed by atoms with E-state index in [0.717, 1.165) is 49.7 Å². The van der Waals surface area contributed by atoms with Crippen LogP contribution in [0.3, 0.4) is 0 Å². The molecule has 1 aromatic heterocycles. The molecule has 3 rings (SSSR count). The van der Waals surface area contributed by atoms with Crippen molar-refractivity contribution in [2.75, 3.05) is 44.7 Å². The predicted molar refractivity (Wildman–Crippen MR) is 101 cm³/mol. The van der Waals surface area contributed by atoms with E-state index >= 15 is 0 Å². The Labute approximate surface area is 153 Å². The average molecular weight is 355 g/mol. The lowest BCUT2D eigenvalue weighted by atomic mass is 10.1. The van der Waals surface area contributed by atoms with Crippen molar-refractivity contribution in [1.29, 1.82) is 0 Å². The van der Waals surface area contributed by atoms with Crippen LogP contribution in [0, 0.1) is 13.8 Å². The standard InChI is InChI=1S/C19H25N5O2/c1-14-3-4-15(2)17(11-14)23-19-21-12-16(13-22-19)18(25)20-5-6-24-7-9-26-10-8-24/h3-4,11-13H,5-10H2,1-2H3,(H,20,25)(H,21,22,23). The zero-order valence-corrected chi connectivity index (χ0v) is 15.3. The van der Waals surface area contributed by atoms with Crippen molar-refractivity contribution in [3.05, 3.63) is 47.3 Å². The molecule has 138 valence electrons. The van der Waals surface area contributed by atoms with Gasteiger partial charge in [0.2, 0.25) is 5.95 Å². The number of aryl methyl sites for hydroxylation is 2. The minimum absolute atomic E-state index is 0.156. The first kappa shape index (κ1) is 18.3. The summed E-state index contributed by atoms with van der Waals surface area (Å²) in [4.78, 5) is 23.0. The highest BCUT2D eigenvalue weighted by atomic mass is 16.5. The Hall–Kier alpha value is -2.51. The van der Waals surface area contributed by atoms with Crippen LogP contribution < -0.4 is 10.6 Å². The van der Waals surface area contributed by atoms with Crippen molar-refractivity contribution < 1.29 is 9.53 Å². The predicted octanol–water partition coefficient (Wildman–Crippen LogP) is 1.90. The number of hydrogen-bond acceptors (Lipinski definition) is 6. The van der Waals surface area contributed by atoms with Gasteiger partial charge in [0.25, 0.3) is 5.91 Å². The number of carbonyl (C=O) groups excluding carboxylic acids is 1. The van der Waals surface area contributed by atoms with Crippen LogP contribution in [-0.4, -0.2) is 60.2 Å². The van der Waals surface area contributed by atoms with E-state index in [1.54, 1.807) is 12.4 Å². The summed E-state index contributed by atoms with van der Waals surface area (Å²) in [6, 6.07) is 6.16. The van der Waals surface area contributed by atoms with Crippen molar-refractivity contribution >= 4 is 17.5 Å². The Bertz CT molecular complexity index is 742. The summed E-state index contributed by atoms with van der Waals surface area (Å²) >= 11 is 0. The molecular weight excluding hydrogens is 330 g/mol.